The first-order valence-corrected chi connectivity index (χ1v) is 5.54. The summed E-state index contributed by atoms with van der Waals surface area (Å²) in [5.41, 5.74) is 5.30. The molecule has 2 heteroatoms. The first-order chi connectivity index (χ1) is 8.20. The van der Waals surface area contributed by atoms with Gasteiger partial charge in [0.05, 0.1) is 11.6 Å². The van der Waals surface area contributed by atoms with Gasteiger partial charge in [-0.2, -0.15) is 5.26 Å². The van der Waals surface area contributed by atoms with Crippen LogP contribution in [0.1, 0.15) is 16.7 Å². The summed E-state index contributed by atoms with van der Waals surface area (Å²) in [6.07, 6.45) is 0. The molecular formula is C15H14N2. The van der Waals surface area contributed by atoms with Crippen molar-refractivity contribution >= 4 is 11.4 Å². The van der Waals surface area contributed by atoms with Crippen LogP contribution < -0.4 is 5.32 Å². The molecule has 0 aliphatic rings. The van der Waals surface area contributed by atoms with Crippen molar-refractivity contribution in [1.82, 2.24) is 0 Å². The van der Waals surface area contributed by atoms with E-state index < -0.39 is 0 Å². The predicted molar refractivity (Wildman–Crippen MR) is 70.4 cm³/mol. The first kappa shape index (κ1) is 11.2. The smallest absolute Gasteiger partial charge is 0.0991 e. The van der Waals surface area contributed by atoms with Crippen molar-refractivity contribution in [1.29, 1.82) is 5.26 Å². The molecule has 2 nitrogen and oxygen atoms in total. The SMILES string of the molecule is Cc1cccc(Nc2ccc(C#N)cc2)c1C. The van der Waals surface area contributed by atoms with Crippen LogP contribution in [0.25, 0.3) is 0 Å². The van der Waals surface area contributed by atoms with Crippen LogP contribution in [-0.4, -0.2) is 0 Å². The maximum atomic E-state index is 8.73. The van der Waals surface area contributed by atoms with Crippen molar-refractivity contribution in [2.75, 3.05) is 5.32 Å². The lowest BCUT2D eigenvalue weighted by atomic mass is 10.1. The van der Waals surface area contributed by atoms with Gasteiger partial charge in [-0.25, -0.2) is 0 Å². The average Bonchev–Trinajstić information content (AvgIpc) is 2.36. The minimum atomic E-state index is 0.677. The van der Waals surface area contributed by atoms with E-state index >= 15 is 0 Å². The van der Waals surface area contributed by atoms with Crippen LogP contribution >= 0.6 is 0 Å². The van der Waals surface area contributed by atoms with E-state index in [0.717, 1.165) is 11.4 Å². The topological polar surface area (TPSA) is 35.8 Å². The van der Waals surface area contributed by atoms with E-state index in [-0.39, 0.29) is 0 Å². The number of rotatable bonds is 2. The van der Waals surface area contributed by atoms with Crippen molar-refractivity contribution in [3.63, 3.8) is 0 Å². The Hall–Kier alpha value is -2.27. The fraction of sp³-hybridized carbons (Fsp3) is 0.133. The monoisotopic (exact) mass is 222 g/mol. The molecule has 2 aromatic carbocycles. The molecule has 0 saturated carbocycles. The maximum Gasteiger partial charge on any atom is 0.0991 e. The molecule has 2 rings (SSSR count). The molecule has 0 saturated heterocycles. The van der Waals surface area contributed by atoms with Crippen LogP contribution in [0.15, 0.2) is 42.5 Å². The molecule has 0 amide bonds. The molecule has 0 aliphatic heterocycles. The summed E-state index contributed by atoms with van der Waals surface area (Å²) in [5.74, 6) is 0. The van der Waals surface area contributed by atoms with E-state index in [4.69, 9.17) is 5.26 Å². The van der Waals surface area contributed by atoms with Crippen molar-refractivity contribution in [3.05, 3.63) is 59.2 Å². The summed E-state index contributed by atoms with van der Waals surface area (Å²) in [4.78, 5) is 0. The number of anilines is 2. The number of nitrogens with zero attached hydrogens (tertiary/aromatic N) is 1. The molecule has 17 heavy (non-hydrogen) atoms. The van der Waals surface area contributed by atoms with Gasteiger partial charge in [0.25, 0.3) is 0 Å². The van der Waals surface area contributed by atoms with Crippen molar-refractivity contribution in [2.24, 2.45) is 0 Å². The lowest BCUT2D eigenvalue weighted by Gasteiger charge is -2.11. The molecule has 0 atom stereocenters. The average molecular weight is 222 g/mol. The van der Waals surface area contributed by atoms with Gasteiger partial charge in [0.2, 0.25) is 0 Å². The van der Waals surface area contributed by atoms with E-state index in [0.29, 0.717) is 5.56 Å². The summed E-state index contributed by atoms with van der Waals surface area (Å²) in [7, 11) is 0. The zero-order valence-corrected chi connectivity index (χ0v) is 9.99. The quantitative estimate of drug-likeness (QED) is 0.836. The van der Waals surface area contributed by atoms with E-state index in [1.807, 2.05) is 30.3 Å². The van der Waals surface area contributed by atoms with Gasteiger partial charge >= 0.3 is 0 Å². The highest BCUT2D eigenvalue weighted by Gasteiger charge is 2.00. The standard InChI is InChI=1S/C15H14N2/c1-11-4-3-5-15(12(11)2)17-14-8-6-13(10-16)7-9-14/h3-9,17H,1-2H3. The highest BCUT2D eigenvalue weighted by atomic mass is 14.9. The summed E-state index contributed by atoms with van der Waals surface area (Å²) >= 11 is 0. The highest BCUT2D eigenvalue weighted by Crippen LogP contribution is 2.22. The number of nitrogens with one attached hydrogen (secondary N) is 1. The van der Waals surface area contributed by atoms with E-state index in [2.05, 4.69) is 37.4 Å². The van der Waals surface area contributed by atoms with Gasteiger partial charge < -0.3 is 5.32 Å². The van der Waals surface area contributed by atoms with Crippen LogP contribution in [0.5, 0.6) is 0 Å². The Morgan fingerprint density at radius 1 is 1.00 bits per heavy atom. The van der Waals surface area contributed by atoms with Gasteiger partial charge in [0, 0.05) is 11.4 Å². The molecule has 0 radical (unpaired) electrons. The third-order valence-corrected chi connectivity index (χ3v) is 2.90. The second kappa shape index (κ2) is 4.71. The molecule has 84 valence electrons. The fourth-order valence-corrected chi connectivity index (χ4v) is 1.67. The molecule has 0 aliphatic carbocycles. The van der Waals surface area contributed by atoms with Crippen molar-refractivity contribution in [3.8, 4) is 6.07 Å². The summed E-state index contributed by atoms with van der Waals surface area (Å²) < 4.78 is 0. The largest absolute Gasteiger partial charge is 0.355 e. The van der Waals surface area contributed by atoms with Crippen LogP contribution in [0.4, 0.5) is 11.4 Å². The van der Waals surface area contributed by atoms with Gasteiger partial charge in [0.1, 0.15) is 0 Å². The zero-order chi connectivity index (χ0) is 12.3. The Morgan fingerprint density at radius 2 is 1.71 bits per heavy atom. The second-order valence-corrected chi connectivity index (χ2v) is 4.06. The molecule has 0 bridgehead atoms. The Bertz CT molecular complexity index is 562. The summed E-state index contributed by atoms with van der Waals surface area (Å²) in [6.45, 7) is 4.20. The van der Waals surface area contributed by atoms with E-state index in [9.17, 15) is 0 Å². The third kappa shape index (κ3) is 2.46. The molecule has 0 spiro atoms. The molecular weight excluding hydrogens is 208 g/mol. The molecule has 0 fully saturated rings. The Balaban J connectivity index is 2.26. The van der Waals surface area contributed by atoms with Gasteiger partial charge in [-0.1, -0.05) is 12.1 Å². The zero-order valence-electron chi connectivity index (χ0n) is 9.99. The van der Waals surface area contributed by atoms with Crippen LogP contribution in [0, 0.1) is 25.2 Å². The Labute approximate surface area is 102 Å². The van der Waals surface area contributed by atoms with E-state index in [1.165, 1.54) is 11.1 Å². The lowest BCUT2D eigenvalue weighted by Crippen LogP contribution is -1.94. The van der Waals surface area contributed by atoms with Crippen LogP contribution in [-0.2, 0) is 0 Å². The molecule has 0 aromatic heterocycles. The van der Waals surface area contributed by atoms with Gasteiger partial charge in [0.15, 0.2) is 0 Å². The minimum absolute atomic E-state index is 0.677. The molecule has 2 aromatic rings. The first-order valence-electron chi connectivity index (χ1n) is 5.54. The molecule has 0 unspecified atom stereocenters. The van der Waals surface area contributed by atoms with Crippen molar-refractivity contribution in [2.45, 2.75) is 13.8 Å². The number of nitriles is 1. The number of hydrogen-bond acceptors (Lipinski definition) is 2. The summed E-state index contributed by atoms with van der Waals surface area (Å²) in [5, 5.41) is 12.1. The normalized spacial score (nSPS) is 9.71. The van der Waals surface area contributed by atoms with Gasteiger partial charge in [-0.05, 0) is 55.3 Å². The predicted octanol–water partition coefficient (Wildman–Crippen LogP) is 3.92. The van der Waals surface area contributed by atoms with E-state index in [1.54, 1.807) is 0 Å². The van der Waals surface area contributed by atoms with Crippen molar-refractivity contribution < 1.29 is 0 Å². The number of benzene rings is 2. The Morgan fingerprint density at radius 3 is 2.35 bits per heavy atom. The number of hydrogen-bond donors (Lipinski definition) is 1. The highest BCUT2D eigenvalue weighted by molar-refractivity contribution is 5.64. The molecule has 1 N–H and O–H groups in total. The van der Waals surface area contributed by atoms with Gasteiger partial charge in [-0.3, -0.25) is 0 Å². The second-order valence-electron chi connectivity index (χ2n) is 4.06. The minimum Gasteiger partial charge on any atom is -0.355 e. The Kier molecular flexibility index (Phi) is 3.11. The summed E-state index contributed by atoms with van der Waals surface area (Å²) in [6, 6.07) is 15.8. The van der Waals surface area contributed by atoms with Gasteiger partial charge in [-0.15, -0.1) is 0 Å². The van der Waals surface area contributed by atoms with Crippen LogP contribution in [0.2, 0.25) is 0 Å². The van der Waals surface area contributed by atoms with Crippen LogP contribution in [0.3, 0.4) is 0 Å². The lowest BCUT2D eigenvalue weighted by molar-refractivity contribution is 1.33. The fourth-order valence-electron chi connectivity index (χ4n) is 1.67. The molecule has 0 heterocycles. The third-order valence-electron chi connectivity index (χ3n) is 2.90. The maximum absolute atomic E-state index is 8.73. The number of aryl methyl sites for hydroxylation is 1.